The smallest absolute Gasteiger partial charge is 0.422 e. The van der Waals surface area contributed by atoms with Crippen LogP contribution in [0.2, 0.25) is 0 Å². The Kier molecular flexibility index (Phi) is 8.61. The Morgan fingerprint density at radius 2 is 1.54 bits per heavy atom. The number of rotatable bonds is 10. The van der Waals surface area contributed by atoms with Gasteiger partial charge >= 0.3 is 22.3 Å². The molecule has 3 rings (SSSR count). The molecule has 10 nitrogen and oxygen atoms in total. The predicted octanol–water partition coefficient (Wildman–Crippen LogP) is 4.72. The van der Waals surface area contributed by atoms with Gasteiger partial charge in [-0.1, -0.05) is 48.5 Å². The van der Waals surface area contributed by atoms with E-state index in [0.717, 1.165) is 5.56 Å². The van der Waals surface area contributed by atoms with Crippen LogP contribution in [0.1, 0.15) is 26.3 Å². The fourth-order valence-electron chi connectivity index (χ4n) is 3.12. The summed E-state index contributed by atoms with van der Waals surface area (Å²) in [6, 6.07) is 22.2. The minimum Gasteiger partial charge on any atom is -0.487 e. The van der Waals surface area contributed by atoms with Crippen LogP contribution in [-0.2, 0) is 26.3 Å². The number of carbonyl (C=O) groups is 2. The molecule has 37 heavy (non-hydrogen) atoms. The molecule has 0 saturated carbocycles. The molecule has 0 saturated heterocycles. The van der Waals surface area contributed by atoms with Gasteiger partial charge in [0.25, 0.3) is 0 Å². The number of carboxylic acids is 1. The number of amides is 1. The zero-order valence-electron chi connectivity index (χ0n) is 20.6. The van der Waals surface area contributed by atoms with E-state index in [-0.39, 0.29) is 23.8 Å². The van der Waals surface area contributed by atoms with Crippen LogP contribution in [0, 0.1) is 0 Å². The summed E-state index contributed by atoms with van der Waals surface area (Å²) in [6.45, 7) is 3.76. The Bertz CT molecular complexity index is 1320. The fraction of sp³-hybridized carbons (Fsp3) is 0.231. The largest absolute Gasteiger partial charge is 0.487 e. The van der Waals surface area contributed by atoms with E-state index in [1.165, 1.54) is 12.1 Å². The fourth-order valence-corrected chi connectivity index (χ4v) is 4.16. The number of carboxylic acid groups (broad SMARTS) is 1. The Morgan fingerprint density at radius 3 is 2.14 bits per heavy atom. The van der Waals surface area contributed by atoms with Crippen molar-refractivity contribution in [3.8, 4) is 17.2 Å². The van der Waals surface area contributed by atoms with Crippen LogP contribution >= 0.6 is 0 Å². The zero-order valence-corrected chi connectivity index (χ0v) is 21.4. The van der Waals surface area contributed by atoms with E-state index in [0.29, 0.717) is 10.1 Å². The molecule has 0 atom stereocenters. The molecule has 0 heterocycles. The van der Waals surface area contributed by atoms with Gasteiger partial charge in [-0.05, 0) is 50.6 Å². The van der Waals surface area contributed by atoms with E-state index in [1.54, 1.807) is 55.8 Å². The Labute approximate surface area is 215 Å². The van der Waals surface area contributed by atoms with Gasteiger partial charge in [-0.15, -0.1) is 0 Å². The summed E-state index contributed by atoms with van der Waals surface area (Å²) < 4.78 is 45.4. The summed E-state index contributed by atoms with van der Waals surface area (Å²) in [7, 11) is -4.74. The maximum Gasteiger partial charge on any atom is 0.422 e. The van der Waals surface area contributed by atoms with Gasteiger partial charge in [0, 0.05) is 6.07 Å². The van der Waals surface area contributed by atoms with Crippen LogP contribution in [0.3, 0.4) is 0 Å². The minimum absolute atomic E-state index is 0.0556. The third-order valence-corrected chi connectivity index (χ3v) is 5.93. The summed E-state index contributed by atoms with van der Waals surface area (Å²) in [6.07, 6.45) is -1.26. The summed E-state index contributed by atoms with van der Waals surface area (Å²) >= 11 is 0. The summed E-state index contributed by atoms with van der Waals surface area (Å²) in [5.41, 5.74) is -0.328. The van der Waals surface area contributed by atoms with Crippen LogP contribution in [0.25, 0.3) is 0 Å². The molecule has 0 aliphatic carbocycles. The second-order valence-corrected chi connectivity index (χ2v) is 10.4. The van der Waals surface area contributed by atoms with Crippen LogP contribution in [-0.4, -0.2) is 37.7 Å². The normalized spacial score (nSPS) is 11.3. The highest BCUT2D eigenvalue weighted by molar-refractivity contribution is 7.91. The second-order valence-electron chi connectivity index (χ2n) is 8.83. The van der Waals surface area contributed by atoms with Crippen molar-refractivity contribution in [2.45, 2.75) is 33.0 Å². The highest BCUT2D eigenvalue weighted by Gasteiger charge is 2.31. The number of ether oxygens (including phenoxy) is 3. The molecule has 0 fully saturated rings. The second kappa shape index (κ2) is 11.7. The first-order valence-electron chi connectivity index (χ1n) is 11.2. The number of hydrogen-bond acceptors (Lipinski definition) is 7. The molecule has 0 aliphatic rings. The van der Waals surface area contributed by atoms with E-state index in [4.69, 9.17) is 14.2 Å². The number of nitrogens with zero attached hydrogens (tertiary/aromatic N) is 1. The standard InChI is InChI=1S/C26H28N2O8S/c1-26(2,3)36-25(31)27-37(32,33)28(17-24(29)30)22-16-21(35-20-12-8-5-9-13-20)14-15-23(22)34-18-19-10-6-4-7-11-19/h4-16H,17-18H2,1-3H3,(H,27,31)(H,29,30). The summed E-state index contributed by atoms with van der Waals surface area (Å²) in [5, 5.41) is 9.51. The van der Waals surface area contributed by atoms with Gasteiger partial charge in [-0.2, -0.15) is 8.42 Å². The van der Waals surface area contributed by atoms with Gasteiger partial charge < -0.3 is 19.3 Å². The molecule has 11 heteroatoms. The van der Waals surface area contributed by atoms with Gasteiger partial charge in [0.1, 0.15) is 36.0 Å². The van der Waals surface area contributed by atoms with Gasteiger partial charge in [0.05, 0.1) is 5.69 Å². The van der Waals surface area contributed by atoms with Crippen molar-refractivity contribution in [3.63, 3.8) is 0 Å². The highest BCUT2D eigenvalue weighted by atomic mass is 32.2. The number of para-hydroxylation sites is 1. The monoisotopic (exact) mass is 528 g/mol. The van der Waals surface area contributed by atoms with Crippen molar-refractivity contribution >= 4 is 28.0 Å². The minimum atomic E-state index is -4.74. The first-order valence-corrected chi connectivity index (χ1v) is 12.7. The Hall–Kier alpha value is -4.25. The molecule has 0 unspecified atom stereocenters. The lowest BCUT2D eigenvalue weighted by molar-refractivity contribution is -0.135. The van der Waals surface area contributed by atoms with Crippen LogP contribution in [0.4, 0.5) is 10.5 Å². The van der Waals surface area contributed by atoms with E-state index < -0.39 is 34.4 Å². The molecule has 196 valence electrons. The predicted molar refractivity (Wildman–Crippen MR) is 137 cm³/mol. The Morgan fingerprint density at radius 1 is 0.919 bits per heavy atom. The van der Waals surface area contributed by atoms with Gasteiger partial charge in [0.15, 0.2) is 0 Å². The highest BCUT2D eigenvalue weighted by Crippen LogP contribution is 2.36. The van der Waals surface area contributed by atoms with Crippen molar-refractivity contribution < 1.29 is 37.3 Å². The molecule has 3 aromatic rings. The number of carbonyl (C=O) groups excluding carboxylic acids is 1. The molecule has 1 amide bonds. The van der Waals surface area contributed by atoms with Crippen molar-refractivity contribution in [2.24, 2.45) is 0 Å². The molecule has 0 bridgehead atoms. The molecule has 0 radical (unpaired) electrons. The SMILES string of the molecule is CC(C)(C)OC(=O)NS(=O)(=O)N(CC(=O)O)c1cc(Oc2ccccc2)ccc1OCc1ccccc1. The first-order chi connectivity index (χ1) is 17.4. The van der Waals surface area contributed by atoms with Crippen molar-refractivity contribution in [3.05, 3.63) is 84.4 Å². The molecule has 0 spiro atoms. The summed E-state index contributed by atoms with van der Waals surface area (Å²) in [4.78, 5) is 23.9. The number of hydrogen-bond donors (Lipinski definition) is 2. The maximum atomic E-state index is 13.2. The van der Waals surface area contributed by atoms with E-state index in [1.807, 2.05) is 36.4 Å². The van der Waals surface area contributed by atoms with Gasteiger partial charge in [0.2, 0.25) is 0 Å². The number of benzene rings is 3. The molecule has 2 N–H and O–H groups in total. The molecular formula is C26H28N2O8S. The lowest BCUT2D eigenvalue weighted by Gasteiger charge is -2.26. The lowest BCUT2D eigenvalue weighted by atomic mass is 10.2. The van der Waals surface area contributed by atoms with Gasteiger partial charge in [-0.3, -0.25) is 4.79 Å². The first kappa shape index (κ1) is 27.3. The topological polar surface area (TPSA) is 131 Å². The average Bonchev–Trinajstić information content (AvgIpc) is 2.81. The third-order valence-electron chi connectivity index (χ3n) is 4.60. The van der Waals surface area contributed by atoms with E-state index in [2.05, 4.69) is 0 Å². The van der Waals surface area contributed by atoms with Gasteiger partial charge in [-0.25, -0.2) is 13.8 Å². The van der Waals surface area contributed by atoms with Crippen LogP contribution in [0.5, 0.6) is 17.2 Å². The van der Waals surface area contributed by atoms with Crippen molar-refractivity contribution in [1.82, 2.24) is 4.72 Å². The molecule has 0 aromatic heterocycles. The zero-order chi connectivity index (χ0) is 27.1. The average molecular weight is 529 g/mol. The Balaban J connectivity index is 2.02. The maximum absolute atomic E-state index is 13.2. The molecule has 3 aromatic carbocycles. The van der Waals surface area contributed by atoms with Crippen molar-refractivity contribution in [1.29, 1.82) is 0 Å². The number of aliphatic carboxylic acids is 1. The molecular weight excluding hydrogens is 500 g/mol. The third kappa shape index (κ3) is 8.43. The lowest BCUT2D eigenvalue weighted by Crippen LogP contribution is -2.47. The quantitative estimate of drug-likeness (QED) is 0.387. The number of anilines is 1. The van der Waals surface area contributed by atoms with Crippen molar-refractivity contribution in [2.75, 3.05) is 10.8 Å². The van der Waals surface area contributed by atoms with Crippen LogP contribution in [0.15, 0.2) is 78.9 Å². The van der Waals surface area contributed by atoms with Crippen LogP contribution < -0.4 is 18.5 Å². The summed E-state index contributed by atoms with van der Waals surface area (Å²) in [5.74, 6) is -0.708. The number of nitrogens with one attached hydrogen (secondary N) is 1. The van der Waals surface area contributed by atoms with E-state index >= 15 is 0 Å². The molecule has 0 aliphatic heterocycles. The van der Waals surface area contributed by atoms with E-state index in [9.17, 15) is 23.1 Å².